The molecule has 5 rings (SSSR count). The molecule has 2 aromatic carbocycles. The lowest BCUT2D eigenvalue weighted by Gasteiger charge is -2.26. The Morgan fingerprint density at radius 2 is 1.86 bits per heavy atom. The van der Waals surface area contributed by atoms with Gasteiger partial charge in [-0.2, -0.15) is 0 Å². The van der Waals surface area contributed by atoms with Crippen LogP contribution < -0.4 is 0 Å². The maximum Gasteiger partial charge on any atom is 0.128 e. The number of hydrogen-bond donors (Lipinski definition) is 0. The zero-order chi connectivity index (χ0) is 19.4. The zero-order valence-electron chi connectivity index (χ0n) is 16.9. The molecular formula is C24H28FN3. The van der Waals surface area contributed by atoms with Crippen molar-refractivity contribution in [1.82, 2.24) is 14.4 Å². The first-order valence-corrected chi connectivity index (χ1v) is 10.3. The van der Waals surface area contributed by atoms with Crippen molar-refractivity contribution in [2.45, 2.75) is 30.8 Å². The molecule has 0 bridgehead atoms. The SMILES string of the molecule is CN(C)[C@H]1CN([C@@H]2CCc3cccc(F)c32)C[C@@H]1c1cn(C)c2ccccc12. The average molecular weight is 378 g/mol. The number of benzene rings is 2. The second kappa shape index (κ2) is 6.71. The molecule has 1 fully saturated rings. The van der Waals surface area contributed by atoms with Crippen LogP contribution in [-0.4, -0.2) is 47.6 Å². The standard InChI is InChI=1S/C24H28FN3/c1-26(2)23-15-28(22-12-11-16-7-6-9-20(25)24(16)22)14-19(23)18-13-27(3)21-10-5-4-8-17(18)21/h4-10,13,19,22-23H,11-12,14-15H2,1-3H3/t19-,22-,23+/m1/s1. The molecule has 28 heavy (non-hydrogen) atoms. The Hall–Kier alpha value is -2.17. The van der Waals surface area contributed by atoms with Gasteiger partial charge in [0.25, 0.3) is 0 Å². The number of fused-ring (bicyclic) bond motifs is 2. The highest BCUT2D eigenvalue weighted by Crippen LogP contribution is 2.43. The molecule has 1 saturated heterocycles. The van der Waals surface area contributed by atoms with Crippen LogP contribution in [0.2, 0.25) is 0 Å². The summed E-state index contributed by atoms with van der Waals surface area (Å²) in [6, 6.07) is 14.9. The van der Waals surface area contributed by atoms with Gasteiger partial charge >= 0.3 is 0 Å². The second-order valence-corrected chi connectivity index (χ2v) is 8.67. The molecule has 0 saturated carbocycles. The number of aryl methyl sites for hydroxylation is 2. The van der Waals surface area contributed by atoms with Gasteiger partial charge in [0, 0.05) is 60.8 Å². The van der Waals surface area contributed by atoms with E-state index >= 15 is 0 Å². The van der Waals surface area contributed by atoms with E-state index in [0.717, 1.165) is 31.5 Å². The van der Waals surface area contributed by atoms with Crippen LogP contribution in [0.15, 0.2) is 48.7 Å². The summed E-state index contributed by atoms with van der Waals surface area (Å²) in [5, 5.41) is 1.35. The van der Waals surface area contributed by atoms with Crippen molar-refractivity contribution in [2.75, 3.05) is 27.2 Å². The first-order chi connectivity index (χ1) is 13.5. The summed E-state index contributed by atoms with van der Waals surface area (Å²) in [7, 11) is 6.48. The number of para-hydroxylation sites is 1. The van der Waals surface area contributed by atoms with Crippen molar-refractivity contribution in [3.05, 3.63) is 71.2 Å². The Kier molecular flexibility index (Phi) is 4.29. The normalized spacial score (nSPS) is 25.1. The number of rotatable bonds is 3. The van der Waals surface area contributed by atoms with Gasteiger partial charge in [0.15, 0.2) is 0 Å². The number of likely N-dealkylation sites (N-methyl/N-ethyl adjacent to an activating group) is 1. The molecule has 1 aliphatic carbocycles. The van der Waals surface area contributed by atoms with Gasteiger partial charge < -0.3 is 9.47 Å². The van der Waals surface area contributed by atoms with E-state index in [1.165, 1.54) is 22.0 Å². The van der Waals surface area contributed by atoms with E-state index in [0.29, 0.717) is 12.0 Å². The Balaban J connectivity index is 1.52. The molecule has 0 N–H and O–H groups in total. The van der Waals surface area contributed by atoms with E-state index in [1.54, 1.807) is 6.07 Å². The highest BCUT2D eigenvalue weighted by molar-refractivity contribution is 5.84. The van der Waals surface area contributed by atoms with Gasteiger partial charge in [0.1, 0.15) is 5.82 Å². The number of nitrogens with zero attached hydrogens (tertiary/aromatic N) is 3. The molecule has 146 valence electrons. The monoisotopic (exact) mass is 377 g/mol. The molecule has 3 atom stereocenters. The minimum absolute atomic E-state index is 0.0324. The summed E-state index contributed by atoms with van der Waals surface area (Å²) < 4.78 is 16.9. The van der Waals surface area contributed by atoms with E-state index < -0.39 is 0 Å². The summed E-state index contributed by atoms with van der Waals surface area (Å²) in [5.41, 5.74) is 4.84. The molecule has 2 aliphatic rings. The molecule has 0 radical (unpaired) electrons. The first kappa shape index (κ1) is 17.9. The maximum atomic E-state index is 14.6. The fourth-order valence-corrected chi connectivity index (χ4v) is 5.54. The molecular weight excluding hydrogens is 349 g/mol. The second-order valence-electron chi connectivity index (χ2n) is 8.67. The van der Waals surface area contributed by atoms with Gasteiger partial charge in [-0.25, -0.2) is 4.39 Å². The fraction of sp³-hybridized carbons (Fsp3) is 0.417. The first-order valence-electron chi connectivity index (χ1n) is 10.3. The summed E-state index contributed by atoms with van der Waals surface area (Å²) in [6.45, 7) is 1.97. The maximum absolute atomic E-state index is 14.6. The van der Waals surface area contributed by atoms with Crippen molar-refractivity contribution in [1.29, 1.82) is 0 Å². The molecule has 3 nitrogen and oxygen atoms in total. The van der Waals surface area contributed by atoms with E-state index in [2.05, 4.69) is 72.0 Å². The summed E-state index contributed by atoms with van der Waals surface area (Å²) >= 11 is 0. The van der Waals surface area contributed by atoms with Crippen LogP contribution in [-0.2, 0) is 13.5 Å². The van der Waals surface area contributed by atoms with E-state index in [9.17, 15) is 4.39 Å². The van der Waals surface area contributed by atoms with Crippen molar-refractivity contribution >= 4 is 10.9 Å². The predicted molar refractivity (Wildman–Crippen MR) is 112 cm³/mol. The highest BCUT2D eigenvalue weighted by Gasteiger charge is 2.41. The van der Waals surface area contributed by atoms with Crippen LogP contribution in [0.3, 0.4) is 0 Å². The number of aromatic nitrogens is 1. The van der Waals surface area contributed by atoms with Gasteiger partial charge in [0.2, 0.25) is 0 Å². The molecule has 1 aromatic heterocycles. The molecule has 0 spiro atoms. The summed E-state index contributed by atoms with van der Waals surface area (Å²) in [4.78, 5) is 4.88. The molecule has 0 unspecified atom stereocenters. The molecule has 0 amide bonds. The Morgan fingerprint density at radius 1 is 1.04 bits per heavy atom. The molecule has 4 heteroatoms. The van der Waals surface area contributed by atoms with E-state index in [1.807, 2.05) is 6.07 Å². The number of hydrogen-bond acceptors (Lipinski definition) is 2. The van der Waals surface area contributed by atoms with Gasteiger partial charge in [0.05, 0.1) is 0 Å². The lowest BCUT2D eigenvalue weighted by molar-refractivity contribution is 0.213. The minimum atomic E-state index is -0.0324. The average Bonchev–Trinajstić information content (AvgIpc) is 3.37. The van der Waals surface area contributed by atoms with E-state index in [-0.39, 0.29) is 11.9 Å². The van der Waals surface area contributed by atoms with Gasteiger partial charge in [-0.05, 0) is 50.2 Å². The third-order valence-corrected chi connectivity index (χ3v) is 6.91. The lowest BCUT2D eigenvalue weighted by Crippen LogP contribution is -2.35. The fourth-order valence-electron chi connectivity index (χ4n) is 5.54. The summed E-state index contributed by atoms with van der Waals surface area (Å²) in [5.74, 6) is 0.395. The third-order valence-electron chi connectivity index (χ3n) is 6.91. The van der Waals surface area contributed by atoms with Crippen LogP contribution in [0.4, 0.5) is 4.39 Å². The Labute approximate surface area is 166 Å². The third kappa shape index (κ3) is 2.70. The number of likely N-dealkylation sites (tertiary alicyclic amines) is 1. The van der Waals surface area contributed by atoms with Crippen LogP contribution in [0, 0.1) is 5.82 Å². The molecule has 3 aromatic rings. The van der Waals surface area contributed by atoms with Crippen molar-refractivity contribution in [2.24, 2.45) is 7.05 Å². The highest BCUT2D eigenvalue weighted by atomic mass is 19.1. The minimum Gasteiger partial charge on any atom is -0.350 e. The van der Waals surface area contributed by atoms with Crippen LogP contribution in [0.1, 0.15) is 35.1 Å². The topological polar surface area (TPSA) is 11.4 Å². The van der Waals surface area contributed by atoms with Crippen LogP contribution >= 0.6 is 0 Å². The Morgan fingerprint density at radius 3 is 2.68 bits per heavy atom. The van der Waals surface area contributed by atoms with Crippen molar-refractivity contribution in [3.8, 4) is 0 Å². The zero-order valence-corrected chi connectivity index (χ0v) is 16.9. The molecule has 2 heterocycles. The van der Waals surface area contributed by atoms with Gasteiger partial charge in [-0.15, -0.1) is 0 Å². The smallest absolute Gasteiger partial charge is 0.128 e. The molecule has 1 aliphatic heterocycles. The summed E-state index contributed by atoms with van der Waals surface area (Å²) in [6.07, 6.45) is 4.32. The predicted octanol–water partition coefficient (Wildman–Crippen LogP) is 4.33. The van der Waals surface area contributed by atoms with Gasteiger partial charge in [-0.3, -0.25) is 4.90 Å². The Bertz CT molecular complexity index is 1020. The van der Waals surface area contributed by atoms with Crippen molar-refractivity contribution < 1.29 is 4.39 Å². The largest absolute Gasteiger partial charge is 0.350 e. The van der Waals surface area contributed by atoms with Crippen LogP contribution in [0.5, 0.6) is 0 Å². The quantitative estimate of drug-likeness (QED) is 0.673. The lowest BCUT2D eigenvalue weighted by atomic mass is 9.93. The van der Waals surface area contributed by atoms with Crippen molar-refractivity contribution in [3.63, 3.8) is 0 Å². The van der Waals surface area contributed by atoms with E-state index in [4.69, 9.17) is 0 Å². The number of halogens is 1. The van der Waals surface area contributed by atoms with Crippen LogP contribution in [0.25, 0.3) is 10.9 Å². The van der Waals surface area contributed by atoms with Gasteiger partial charge in [-0.1, -0.05) is 30.3 Å².